The van der Waals surface area contributed by atoms with Crippen LogP contribution < -0.4 is 34.0 Å². The summed E-state index contributed by atoms with van der Waals surface area (Å²) in [7, 11) is 0. The molecular weight excluding hydrogens is 486 g/mol. The van der Waals surface area contributed by atoms with Crippen molar-refractivity contribution >= 4 is 0 Å². The van der Waals surface area contributed by atoms with E-state index in [0.717, 1.165) is 0 Å². The Balaban J connectivity index is 0.000000980. The molecule has 2 heterocycles. The van der Waals surface area contributed by atoms with Crippen LogP contribution in [0.15, 0.2) is 0 Å². The summed E-state index contributed by atoms with van der Waals surface area (Å²) in [5, 5.41) is 0. The van der Waals surface area contributed by atoms with Crippen molar-refractivity contribution in [1.29, 1.82) is 0 Å². The number of rotatable bonds is 2. The van der Waals surface area contributed by atoms with Gasteiger partial charge >= 0.3 is 94.0 Å². The molecule has 2 nitrogen and oxygen atoms in total. The Morgan fingerprint density at radius 1 is 0.533 bits per heavy atom. The van der Waals surface area contributed by atoms with E-state index >= 15 is 0 Å². The standard InChI is InChI=1S/2C5H10N.2BrH.Hf/c2*1-2-4-6-5-3-1;;;/h2*1-5H2;2*1H;/q2*-1;;;+4/p-2. The van der Waals surface area contributed by atoms with Gasteiger partial charge in [0.05, 0.1) is 0 Å². The molecule has 2 rings (SSSR count). The van der Waals surface area contributed by atoms with Crippen molar-refractivity contribution in [2.24, 2.45) is 0 Å². The minimum Gasteiger partial charge on any atom is -1.00 e. The molecule has 15 heavy (non-hydrogen) atoms. The average Bonchev–Trinajstić information content (AvgIpc) is 2.21. The zero-order chi connectivity index (χ0) is 8.93. The molecule has 0 amide bonds. The van der Waals surface area contributed by atoms with Crippen molar-refractivity contribution in [1.82, 2.24) is 5.78 Å². The number of halogens is 2. The Labute approximate surface area is 127 Å². The molecule has 2 aliphatic heterocycles. The predicted octanol–water partition coefficient (Wildman–Crippen LogP) is -4.12. The first-order chi connectivity index (χ1) is 6.45. The van der Waals surface area contributed by atoms with Gasteiger partial charge in [0.1, 0.15) is 0 Å². The van der Waals surface area contributed by atoms with E-state index in [4.69, 9.17) is 0 Å². The van der Waals surface area contributed by atoms with E-state index in [1.807, 2.05) is 0 Å². The molecule has 5 heteroatoms. The van der Waals surface area contributed by atoms with E-state index in [1.54, 1.807) is 0 Å². The van der Waals surface area contributed by atoms with Gasteiger partial charge in [-0.05, 0) is 0 Å². The van der Waals surface area contributed by atoms with Crippen LogP contribution in [-0.4, -0.2) is 32.0 Å². The minimum absolute atomic E-state index is 0. The van der Waals surface area contributed by atoms with Gasteiger partial charge in [-0.1, -0.05) is 0 Å². The van der Waals surface area contributed by atoms with Gasteiger partial charge in [0.25, 0.3) is 0 Å². The topological polar surface area (TPSA) is 6.48 Å². The molecule has 0 N–H and O–H groups in total. The summed E-state index contributed by atoms with van der Waals surface area (Å²) in [5.41, 5.74) is 0. The molecule has 0 atom stereocenters. The third kappa shape index (κ3) is 6.29. The van der Waals surface area contributed by atoms with Crippen molar-refractivity contribution in [2.45, 2.75) is 38.5 Å². The summed E-state index contributed by atoms with van der Waals surface area (Å²) in [4.78, 5) is 0. The first kappa shape index (κ1) is 16.8. The molecule has 0 aromatic rings. The van der Waals surface area contributed by atoms with Gasteiger partial charge < -0.3 is 34.0 Å². The summed E-state index contributed by atoms with van der Waals surface area (Å²) in [6.45, 7) is 5.72. The van der Waals surface area contributed by atoms with Crippen LogP contribution in [0.5, 0.6) is 0 Å². The van der Waals surface area contributed by atoms with E-state index in [0.29, 0.717) is 0 Å². The molecule has 88 valence electrons. The van der Waals surface area contributed by atoms with Gasteiger partial charge in [0.2, 0.25) is 0 Å². The normalized spacial score (nSPS) is 23.5. The molecule has 2 saturated heterocycles. The zero-order valence-electron chi connectivity index (χ0n) is 9.22. The molecule has 2 fully saturated rings. The largest absolute Gasteiger partial charge is 1.00 e. The summed E-state index contributed by atoms with van der Waals surface area (Å²) in [6, 6.07) is 0. The smallest absolute Gasteiger partial charge is 1.00 e. The summed E-state index contributed by atoms with van der Waals surface area (Å²) in [5.74, 6) is 0. The molecule has 0 aromatic carbocycles. The first-order valence-corrected chi connectivity index (χ1v) is 8.93. The maximum atomic E-state index is 2.83. The number of nitrogens with zero attached hydrogens (tertiary/aromatic N) is 2. The third-order valence-electron chi connectivity index (χ3n) is 2.99. The summed E-state index contributed by atoms with van der Waals surface area (Å²) in [6.07, 6.45) is 8.86. The molecule has 0 radical (unpaired) electrons. The number of hydrogen-bond acceptors (Lipinski definition) is 2. The molecule has 0 saturated carbocycles. The molecular formula is C10H20Br2HfN2. The fraction of sp³-hybridized carbons (Fsp3) is 1.00. The maximum Gasteiger partial charge on any atom is -1.00 e. The van der Waals surface area contributed by atoms with Gasteiger partial charge in [-0.3, -0.25) is 0 Å². The van der Waals surface area contributed by atoms with Gasteiger partial charge in [-0.25, -0.2) is 0 Å². The molecule has 0 aliphatic carbocycles. The van der Waals surface area contributed by atoms with Crippen molar-refractivity contribution in [3.63, 3.8) is 0 Å². The Kier molecular flexibility index (Phi) is 10.9. The second kappa shape index (κ2) is 9.75. The molecule has 0 aromatic heterocycles. The predicted molar refractivity (Wildman–Crippen MR) is 50.8 cm³/mol. The van der Waals surface area contributed by atoms with E-state index in [-0.39, 0.29) is 34.0 Å². The fourth-order valence-electron chi connectivity index (χ4n) is 2.19. The Morgan fingerprint density at radius 3 is 1.20 bits per heavy atom. The van der Waals surface area contributed by atoms with Crippen LogP contribution >= 0.6 is 0 Å². The molecule has 2 aliphatic rings. The Hall–Kier alpha value is 1.75. The van der Waals surface area contributed by atoms with Gasteiger partial charge in [0, 0.05) is 0 Å². The van der Waals surface area contributed by atoms with E-state index < -0.39 is 23.5 Å². The average molecular weight is 507 g/mol. The van der Waals surface area contributed by atoms with Crippen LogP contribution in [-0.2, 0) is 23.5 Å². The van der Waals surface area contributed by atoms with Crippen molar-refractivity contribution in [3.8, 4) is 0 Å². The first-order valence-electron chi connectivity index (χ1n) is 5.71. The van der Waals surface area contributed by atoms with Crippen molar-refractivity contribution in [3.05, 3.63) is 0 Å². The summed E-state index contributed by atoms with van der Waals surface area (Å²) < 4.78 is 5.66. The second-order valence-corrected chi connectivity index (χ2v) is 9.46. The second-order valence-electron chi connectivity index (χ2n) is 4.20. The molecule has 0 unspecified atom stereocenters. The van der Waals surface area contributed by atoms with Gasteiger partial charge in [-0.15, -0.1) is 0 Å². The van der Waals surface area contributed by atoms with Crippen LogP contribution in [0.25, 0.3) is 0 Å². The monoisotopic (exact) mass is 506 g/mol. The van der Waals surface area contributed by atoms with Crippen LogP contribution in [0, 0.1) is 0 Å². The fourth-order valence-corrected chi connectivity index (χ4v) is 7.33. The minimum atomic E-state index is -0.519. The van der Waals surface area contributed by atoms with Crippen molar-refractivity contribution < 1.29 is 57.4 Å². The maximum absolute atomic E-state index is 2.83. The van der Waals surface area contributed by atoms with E-state index in [1.165, 1.54) is 64.7 Å². The number of piperidine rings is 2. The number of hydrogen-bond donors (Lipinski definition) is 0. The SMILES string of the molecule is C1CC[N]([Hf+2][N]2CCCCC2)CC1.[Br-].[Br-]. The van der Waals surface area contributed by atoms with Crippen LogP contribution in [0.3, 0.4) is 0 Å². The molecule has 0 bridgehead atoms. The Bertz CT molecular complexity index is 132. The van der Waals surface area contributed by atoms with Crippen LogP contribution in [0.1, 0.15) is 38.5 Å². The molecule has 0 spiro atoms. The van der Waals surface area contributed by atoms with Crippen LogP contribution in [0.2, 0.25) is 0 Å². The van der Waals surface area contributed by atoms with E-state index in [9.17, 15) is 0 Å². The van der Waals surface area contributed by atoms with Gasteiger partial charge in [-0.2, -0.15) is 0 Å². The third-order valence-corrected chi connectivity index (χ3v) is 8.24. The van der Waals surface area contributed by atoms with Crippen molar-refractivity contribution in [2.75, 3.05) is 26.2 Å². The summed E-state index contributed by atoms with van der Waals surface area (Å²) >= 11 is -0.519. The zero-order valence-corrected chi connectivity index (χ0v) is 16.0. The van der Waals surface area contributed by atoms with E-state index in [2.05, 4.69) is 5.78 Å². The quantitative estimate of drug-likeness (QED) is 0.352. The Morgan fingerprint density at radius 2 is 0.867 bits per heavy atom. The van der Waals surface area contributed by atoms with Crippen LogP contribution in [0.4, 0.5) is 0 Å². The van der Waals surface area contributed by atoms with Gasteiger partial charge in [0.15, 0.2) is 0 Å².